The van der Waals surface area contributed by atoms with Crippen LogP contribution in [0.25, 0.3) is 0 Å². The zero-order valence-electron chi connectivity index (χ0n) is 21.9. The molecule has 10 heteroatoms. The first kappa shape index (κ1) is 27.2. The van der Waals surface area contributed by atoms with Crippen LogP contribution in [0.4, 0.5) is 0 Å². The third kappa shape index (κ3) is 6.37. The molecule has 0 saturated carbocycles. The molecule has 37 heavy (non-hydrogen) atoms. The zero-order chi connectivity index (χ0) is 26.5. The molecule has 4 rings (SSSR count). The molecule has 2 fully saturated rings. The quantitative estimate of drug-likeness (QED) is 0.492. The van der Waals surface area contributed by atoms with Crippen LogP contribution in [0.5, 0.6) is 17.2 Å². The number of piperazine rings is 1. The molecule has 0 bridgehead atoms. The molecule has 0 N–H and O–H groups in total. The SMILES string of the molecule is COc1ccc(OC)c(S(=O)(=O)N2CCCC(COc3ccccc3)(CC(=O)N3CCN(C)CC3)C2)c1. The third-order valence-electron chi connectivity index (χ3n) is 7.29. The van der Waals surface area contributed by atoms with Gasteiger partial charge in [0, 0.05) is 57.2 Å². The van der Waals surface area contributed by atoms with Crippen molar-refractivity contribution in [3.8, 4) is 17.2 Å². The Bertz CT molecular complexity index is 1170. The van der Waals surface area contributed by atoms with Gasteiger partial charge < -0.3 is 24.0 Å². The molecule has 2 saturated heterocycles. The summed E-state index contributed by atoms with van der Waals surface area (Å²) in [6.07, 6.45) is 1.55. The van der Waals surface area contributed by atoms with Gasteiger partial charge in [-0.3, -0.25) is 4.79 Å². The van der Waals surface area contributed by atoms with Gasteiger partial charge in [-0.05, 0) is 44.2 Å². The van der Waals surface area contributed by atoms with Gasteiger partial charge in [0.1, 0.15) is 22.1 Å². The largest absolute Gasteiger partial charge is 0.497 e. The zero-order valence-corrected chi connectivity index (χ0v) is 22.7. The molecule has 202 valence electrons. The number of rotatable bonds is 9. The van der Waals surface area contributed by atoms with Crippen LogP contribution in [-0.2, 0) is 14.8 Å². The summed E-state index contributed by atoms with van der Waals surface area (Å²) in [5.74, 6) is 1.43. The van der Waals surface area contributed by atoms with Crippen molar-refractivity contribution in [1.29, 1.82) is 0 Å². The van der Waals surface area contributed by atoms with E-state index in [2.05, 4.69) is 4.90 Å². The lowest BCUT2D eigenvalue weighted by molar-refractivity contribution is -0.136. The van der Waals surface area contributed by atoms with Gasteiger partial charge in [-0.2, -0.15) is 4.31 Å². The van der Waals surface area contributed by atoms with Crippen molar-refractivity contribution in [2.75, 3.05) is 67.1 Å². The van der Waals surface area contributed by atoms with Crippen LogP contribution < -0.4 is 14.2 Å². The van der Waals surface area contributed by atoms with E-state index >= 15 is 0 Å². The summed E-state index contributed by atoms with van der Waals surface area (Å²) in [6, 6.07) is 14.2. The average molecular weight is 532 g/mol. The molecule has 2 aliphatic heterocycles. The van der Waals surface area contributed by atoms with E-state index in [9.17, 15) is 13.2 Å². The molecule has 0 spiro atoms. The second-order valence-electron chi connectivity index (χ2n) is 9.92. The van der Waals surface area contributed by atoms with Gasteiger partial charge in [0.2, 0.25) is 15.9 Å². The topological polar surface area (TPSA) is 88.6 Å². The maximum Gasteiger partial charge on any atom is 0.246 e. The van der Waals surface area contributed by atoms with E-state index in [0.717, 1.165) is 13.1 Å². The molecular weight excluding hydrogens is 494 g/mol. The van der Waals surface area contributed by atoms with Gasteiger partial charge >= 0.3 is 0 Å². The molecular formula is C27H37N3O6S. The number of para-hydroxylation sites is 1. The number of hydrogen-bond acceptors (Lipinski definition) is 7. The minimum absolute atomic E-state index is 0.0444. The molecule has 2 aliphatic rings. The van der Waals surface area contributed by atoms with Crippen molar-refractivity contribution < 1.29 is 27.4 Å². The number of likely N-dealkylation sites (N-methyl/N-ethyl adjacent to an activating group) is 1. The van der Waals surface area contributed by atoms with Crippen LogP contribution in [0.1, 0.15) is 19.3 Å². The van der Waals surface area contributed by atoms with Gasteiger partial charge in [-0.15, -0.1) is 0 Å². The number of hydrogen-bond donors (Lipinski definition) is 0. The number of nitrogens with zero attached hydrogens (tertiary/aromatic N) is 3. The van der Waals surface area contributed by atoms with E-state index in [1.807, 2.05) is 42.3 Å². The molecule has 9 nitrogen and oxygen atoms in total. The minimum atomic E-state index is -3.92. The number of benzene rings is 2. The summed E-state index contributed by atoms with van der Waals surface area (Å²) in [5.41, 5.74) is -0.659. The van der Waals surface area contributed by atoms with Gasteiger partial charge in [0.25, 0.3) is 0 Å². The Hall–Kier alpha value is -2.82. The summed E-state index contributed by atoms with van der Waals surface area (Å²) >= 11 is 0. The number of carbonyl (C=O) groups is 1. The number of amides is 1. The Balaban J connectivity index is 1.61. The normalized spacial score (nSPS) is 21.4. The summed E-state index contributed by atoms with van der Waals surface area (Å²) in [4.78, 5) is 17.6. The van der Waals surface area contributed by atoms with E-state index in [4.69, 9.17) is 14.2 Å². The predicted octanol–water partition coefficient (Wildman–Crippen LogP) is 2.72. The van der Waals surface area contributed by atoms with Gasteiger partial charge in [-0.25, -0.2) is 8.42 Å². The first-order valence-electron chi connectivity index (χ1n) is 12.6. The Morgan fingerprint density at radius 2 is 1.68 bits per heavy atom. The van der Waals surface area contributed by atoms with Crippen LogP contribution in [0.3, 0.4) is 0 Å². The Morgan fingerprint density at radius 3 is 2.35 bits per heavy atom. The number of methoxy groups -OCH3 is 2. The van der Waals surface area contributed by atoms with Crippen LogP contribution in [0, 0.1) is 5.41 Å². The van der Waals surface area contributed by atoms with Gasteiger partial charge in [0.15, 0.2) is 0 Å². The van der Waals surface area contributed by atoms with Crippen LogP contribution in [-0.4, -0.2) is 95.6 Å². The van der Waals surface area contributed by atoms with Crippen molar-refractivity contribution >= 4 is 15.9 Å². The molecule has 0 aromatic heterocycles. The minimum Gasteiger partial charge on any atom is -0.497 e. The maximum atomic E-state index is 13.9. The lowest BCUT2D eigenvalue weighted by Gasteiger charge is -2.43. The van der Waals surface area contributed by atoms with E-state index in [1.54, 1.807) is 12.1 Å². The van der Waals surface area contributed by atoms with E-state index in [0.29, 0.717) is 44.0 Å². The highest BCUT2D eigenvalue weighted by molar-refractivity contribution is 7.89. The molecule has 2 aromatic rings. The fourth-order valence-electron chi connectivity index (χ4n) is 5.05. The Kier molecular flexibility index (Phi) is 8.61. The molecule has 0 aliphatic carbocycles. The Labute approximate surface area is 219 Å². The molecule has 1 atom stereocenters. The molecule has 2 heterocycles. The predicted molar refractivity (Wildman–Crippen MR) is 141 cm³/mol. The number of sulfonamides is 1. The second kappa shape index (κ2) is 11.7. The fourth-order valence-corrected chi connectivity index (χ4v) is 6.81. The summed E-state index contributed by atoms with van der Waals surface area (Å²) in [7, 11) is 1.07. The van der Waals surface area contributed by atoms with E-state index in [1.165, 1.54) is 24.6 Å². The van der Waals surface area contributed by atoms with Crippen molar-refractivity contribution in [2.45, 2.75) is 24.2 Å². The van der Waals surface area contributed by atoms with Gasteiger partial charge in [0.05, 0.1) is 20.8 Å². The monoisotopic (exact) mass is 531 g/mol. The van der Waals surface area contributed by atoms with Crippen LogP contribution >= 0.6 is 0 Å². The molecule has 0 radical (unpaired) electrons. The number of ether oxygens (including phenoxy) is 3. The molecule has 1 unspecified atom stereocenters. The number of carbonyl (C=O) groups excluding carboxylic acids is 1. The first-order chi connectivity index (χ1) is 17.8. The van der Waals surface area contributed by atoms with Crippen molar-refractivity contribution in [3.05, 3.63) is 48.5 Å². The first-order valence-corrected chi connectivity index (χ1v) is 14.1. The van der Waals surface area contributed by atoms with Crippen molar-refractivity contribution in [3.63, 3.8) is 0 Å². The van der Waals surface area contributed by atoms with E-state index in [-0.39, 0.29) is 36.1 Å². The Morgan fingerprint density at radius 1 is 0.946 bits per heavy atom. The highest BCUT2D eigenvalue weighted by Gasteiger charge is 2.44. The third-order valence-corrected chi connectivity index (χ3v) is 9.15. The smallest absolute Gasteiger partial charge is 0.246 e. The highest BCUT2D eigenvalue weighted by atomic mass is 32.2. The lowest BCUT2D eigenvalue weighted by atomic mass is 9.78. The van der Waals surface area contributed by atoms with Gasteiger partial charge in [-0.1, -0.05) is 18.2 Å². The molecule has 1 amide bonds. The van der Waals surface area contributed by atoms with Crippen LogP contribution in [0.15, 0.2) is 53.4 Å². The van der Waals surface area contributed by atoms with Crippen LogP contribution in [0.2, 0.25) is 0 Å². The van der Waals surface area contributed by atoms with Crippen molar-refractivity contribution in [1.82, 2.24) is 14.1 Å². The highest BCUT2D eigenvalue weighted by Crippen LogP contribution is 2.39. The number of piperidine rings is 1. The second-order valence-corrected chi connectivity index (χ2v) is 11.8. The standard InChI is InChI=1S/C27H37N3O6S/c1-28-14-16-29(17-15-28)26(31)19-27(21-36-22-8-5-4-6-9-22)12-7-13-30(20-27)37(32,33)25-18-23(34-2)10-11-24(25)35-3/h4-6,8-11,18H,7,12-17,19-21H2,1-3H3. The summed E-state index contributed by atoms with van der Waals surface area (Å²) in [6.45, 7) is 3.80. The van der Waals surface area contributed by atoms with Crippen molar-refractivity contribution in [2.24, 2.45) is 5.41 Å². The summed E-state index contributed by atoms with van der Waals surface area (Å²) in [5, 5.41) is 0. The maximum absolute atomic E-state index is 13.9. The fraction of sp³-hybridized carbons (Fsp3) is 0.519. The summed E-state index contributed by atoms with van der Waals surface area (Å²) < 4.78 is 46.0. The average Bonchev–Trinajstić information content (AvgIpc) is 2.92. The molecule has 2 aromatic carbocycles. The van der Waals surface area contributed by atoms with E-state index < -0.39 is 15.4 Å². The lowest BCUT2D eigenvalue weighted by Crippen LogP contribution is -2.53.